The van der Waals surface area contributed by atoms with Crippen molar-refractivity contribution in [2.45, 2.75) is 31.0 Å². The maximum absolute atomic E-state index is 12.0. The number of β-amino-alcohol motifs (C(OH)–C–C–N with tert-alkyl or cyclic N) is 2. The Kier molecular flexibility index (Phi) is 2.41. The molecule has 1 aromatic heterocycles. The number of rotatable bonds is 2. The molecule has 0 unspecified atom stereocenters. The maximum atomic E-state index is 12.0. The third kappa shape index (κ3) is 1.94. The van der Waals surface area contributed by atoms with Crippen LogP contribution in [0.2, 0.25) is 0 Å². The van der Waals surface area contributed by atoms with Crippen LogP contribution in [0.1, 0.15) is 35.0 Å². The van der Waals surface area contributed by atoms with E-state index in [9.17, 15) is 15.0 Å². The minimum atomic E-state index is -0.867. The van der Waals surface area contributed by atoms with Crippen LogP contribution in [-0.4, -0.2) is 51.5 Å². The van der Waals surface area contributed by atoms with Gasteiger partial charge in [-0.3, -0.25) is 4.79 Å². The number of likely N-dealkylation sites (tertiary alicyclic amines) is 1. The molecule has 2 aliphatic rings. The van der Waals surface area contributed by atoms with Gasteiger partial charge in [-0.15, -0.1) is 0 Å². The third-order valence-electron chi connectivity index (χ3n) is 3.27. The lowest BCUT2D eigenvalue weighted by Crippen LogP contribution is -2.30. The fourth-order valence-corrected chi connectivity index (χ4v) is 2.05. The molecule has 3 rings (SSSR count). The largest absolute Gasteiger partial charge is 0.388 e. The Balaban J connectivity index is 1.72. The van der Waals surface area contributed by atoms with Gasteiger partial charge in [0.2, 0.25) is 0 Å². The molecule has 2 fully saturated rings. The van der Waals surface area contributed by atoms with Gasteiger partial charge in [0.05, 0.1) is 12.2 Å². The fraction of sp³-hybridized carbons (Fsp3) is 0.636. The van der Waals surface area contributed by atoms with Crippen LogP contribution in [-0.2, 0) is 0 Å². The lowest BCUT2D eigenvalue weighted by atomic mass is 10.2. The van der Waals surface area contributed by atoms with Gasteiger partial charge in [0, 0.05) is 25.1 Å². The van der Waals surface area contributed by atoms with Crippen LogP contribution in [0.4, 0.5) is 0 Å². The van der Waals surface area contributed by atoms with Crippen molar-refractivity contribution in [2.24, 2.45) is 0 Å². The second kappa shape index (κ2) is 3.82. The van der Waals surface area contributed by atoms with Gasteiger partial charge in [-0.05, 0) is 12.8 Å². The van der Waals surface area contributed by atoms with Crippen molar-refractivity contribution in [3.8, 4) is 0 Å². The van der Waals surface area contributed by atoms with Crippen LogP contribution in [0.5, 0.6) is 0 Å². The van der Waals surface area contributed by atoms with Crippen molar-refractivity contribution in [3.63, 3.8) is 0 Å². The Hall–Kier alpha value is -1.40. The van der Waals surface area contributed by atoms with Crippen molar-refractivity contribution in [3.05, 3.63) is 17.5 Å². The Morgan fingerprint density at radius 1 is 1.35 bits per heavy atom. The minimum Gasteiger partial charge on any atom is -0.388 e. The van der Waals surface area contributed by atoms with Crippen LogP contribution >= 0.6 is 0 Å². The molecule has 2 atom stereocenters. The third-order valence-corrected chi connectivity index (χ3v) is 3.27. The van der Waals surface area contributed by atoms with E-state index in [4.69, 9.17) is 4.52 Å². The first kappa shape index (κ1) is 10.7. The van der Waals surface area contributed by atoms with E-state index in [2.05, 4.69) is 5.16 Å². The monoisotopic (exact) mass is 238 g/mol. The number of carbonyl (C=O) groups is 1. The van der Waals surface area contributed by atoms with Crippen LogP contribution < -0.4 is 0 Å². The first-order valence-corrected chi connectivity index (χ1v) is 5.77. The van der Waals surface area contributed by atoms with Crippen molar-refractivity contribution in [1.29, 1.82) is 0 Å². The standard InChI is InChI=1S/C11H14N2O4/c14-8-4-13(5-9(8)15)11(16)7-3-10(17-12-7)6-1-2-6/h3,6,8-9,14-15H,1-2,4-5H2/t8-,9+. The molecule has 92 valence electrons. The molecule has 6 nitrogen and oxygen atoms in total. The van der Waals surface area contributed by atoms with E-state index in [0.29, 0.717) is 5.92 Å². The van der Waals surface area contributed by atoms with Crippen LogP contribution in [0.3, 0.4) is 0 Å². The molecule has 1 aromatic rings. The maximum Gasteiger partial charge on any atom is 0.276 e. The molecular formula is C11H14N2O4. The first-order chi connectivity index (χ1) is 8.15. The van der Waals surface area contributed by atoms with Crippen molar-refractivity contribution in [2.75, 3.05) is 13.1 Å². The molecule has 17 heavy (non-hydrogen) atoms. The Morgan fingerprint density at radius 2 is 2.00 bits per heavy atom. The van der Waals surface area contributed by atoms with Gasteiger partial charge in [0.25, 0.3) is 5.91 Å². The van der Waals surface area contributed by atoms with Gasteiger partial charge in [-0.25, -0.2) is 0 Å². The molecule has 1 aliphatic carbocycles. The van der Waals surface area contributed by atoms with E-state index in [-0.39, 0.29) is 24.7 Å². The highest BCUT2D eigenvalue weighted by atomic mass is 16.5. The number of nitrogens with zero attached hydrogens (tertiary/aromatic N) is 2. The van der Waals surface area contributed by atoms with E-state index in [1.807, 2.05) is 0 Å². The molecule has 0 radical (unpaired) electrons. The number of hydrogen-bond acceptors (Lipinski definition) is 5. The van der Waals surface area contributed by atoms with Gasteiger partial charge >= 0.3 is 0 Å². The topological polar surface area (TPSA) is 86.8 Å². The minimum absolute atomic E-state index is 0.144. The summed E-state index contributed by atoms with van der Waals surface area (Å²) in [6, 6.07) is 1.66. The second-order valence-corrected chi connectivity index (χ2v) is 4.73. The van der Waals surface area contributed by atoms with Crippen LogP contribution in [0, 0.1) is 0 Å². The highest BCUT2D eigenvalue weighted by Gasteiger charge is 2.35. The quantitative estimate of drug-likeness (QED) is 0.740. The van der Waals surface area contributed by atoms with E-state index < -0.39 is 12.2 Å². The summed E-state index contributed by atoms with van der Waals surface area (Å²) < 4.78 is 5.10. The highest BCUT2D eigenvalue weighted by molar-refractivity contribution is 5.92. The molecule has 1 saturated heterocycles. The summed E-state index contributed by atoms with van der Waals surface area (Å²) in [5.41, 5.74) is 0.258. The first-order valence-electron chi connectivity index (χ1n) is 5.77. The lowest BCUT2D eigenvalue weighted by molar-refractivity contribution is 0.0572. The highest BCUT2D eigenvalue weighted by Crippen LogP contribution is 2.40. The van der Waals surface area contributed by atoms with Gasteiger partial charge in [0.15, 0.2) is 5.69 Å². The zero-order valence-corrected chi connectivity index (χ0v) is 9.24. The zero-order valence-electron chi connectivity index (χ0n) is 9.24. The van der Waals surface area contributed by atoms with Crippen LogP contribution in [0.25, 0.3) is 0 Å². The molecular weight excluding hydrogens is 224 g/mol. The van der Waals surface area contributed by atoms with Gasteiger partial charge in [-0.1, -0.05) is 5.16 Å². The van der Waals surface area contributed by atoms with E-state index in [1.54, 1.807) is 6.07 Å². The number of aliphatic hydroxyl groups is 2. The summed E-state index contributed by atoms with van der Waals surface area (Å²) in [7, 11) is 0. The smallest absolute Gasteiger partial charge is 0.276 e. The molecule has 0 aromatic carbocycles. The number of aromatic nitrogens is 1. The lowest BCUT2D eigenvalue weighted by Gasteiger charge is -2.12. The predicted octanol–water partition coefficient (Wildman–Crippen LogP) is -0.270. The molecule has 1 saturated carbocycles. The van der Waals surface area contributed by atoms with E-state index in [1.165, 1.54) is 4.90 Å². The van der Waals surface area contributed by atoms with Crippen molar-refractivity contribution < 1.29 is 19.5 Å². The number of carbonyl (C=O) groups excluding carboxylic acids is 1. The molecule has 0 bridgehead atoms. The van der Waals surface area contributed by atoms with Gasteiger partial charge < -0.3 is 19.6 Å². The Labute approximate surface area is 97.8 Å². The molecule has 2 N–H and O–H groups in total. The van der Waals surface area contributed by atoms with Crippen LogP contribution in [0.15, 0.2) is 10.6 Å². The molecule has 2 heterocycles. The average Bonchev–Trinajstić information content (AvgIpc) is 2.95. The SMILES string of the molecule is O=C(c1cc(C2CC2)on1)N1C[C@@H](O)[C@@H](O)C1. The van der Waals surface area contributed by atoms with Gasteiger partial charge in [-0.2, -0.15) is 0 Å². The van der Waals surface area contributed by atoms with Crippen molar-refractivity contribution >= 4 is 5.91 Å². The summed E-state index contributed by atoms with van der Waals surface area (Å²) in [6.07, 6.45) is 0.441. The van der Waals surface area contributed by atoms with E-state index in [0.717, 1.165) is 18.6 Å². The fourth-order valence-electron chi connectivity index (χ4n) is 2.05. The second-order valence-electron chi connectivity index (χ2n) is 4.73. The molecule has 1 aliphatic heterocycles. The number of amides is 1. The Morgan fingerprint density at radius 3 is 2.59 bits per heavy atom. The van der Waals surface area contributed by atoms with Gasteiger partial charge in [0.1, 0.15) is 5.76 Å². The molecule has 1 amide bonds. The number of aliphatic hydroxyl groups excluding tert-OH is 2. The number of hydrogen-bond donors (Lipinski definition) is 2. The summed E-state index contributed by atoms with van der Waals surface area (Å²) in [5, 5.41) is 22.5. The molecule has 6 heteroatoms. The predicted molar refractivity (Wildman–Crippen MR) is 56.4 cm³/mol. The summed E-state index contributed by atoms with van der Waals surface area (Å²) in [6.45, 7) is 0.289. The summed E-state index contributed by atoms with van der Waals surface area (Å²) >= 11 is 0. The average molecular weight is 238 g/mol. The summed E-state index contributed by atoms with van der Waals surface area (Å²) in [4.78, 5) is 13.4. The molecule has 0 spiro atoms. The Bertz CT molecular complexity index is 430. The normalized spacial score (nSPS) is 28.7. The summed E-state index contributed by atoms with van der Waals surface area (Å²) in [5.74, 6) is 0.878. The van der Waals surface area contributed by atoms with Crippen molar-refractivity contribution in [1.82, 2.24) is 10.1 Å². The van der Waals surface area contributed by atoms with E-state index >= 15 is 0 Å². The zero-order chi connectivity index (χ0) is 12.0.